The second-order valence-corrected chi connectivity index (χ2v) is 7.84. The third kappa shape index (κ3) is 4.13. The highest BCUT2D eigenvalue weighted by atomic mass is 33.1. The Morgan fingerprint density at radius 2 is 1.21 bits per heavy atom. The van der Waals surface area contributed by atoms with E-state index < -0.39 is 0 Å². The van der Waals surface area contributed by atoms with Crippen LogP contribution < -0.4 is 21.7 Å². The van der Waals surface area contributed by atoms with Gasteiger partial charge in [-0.3, -0.25) is 9.97 Å². The van der Waals surface area contributed by atoms with E-state index in [1.54, 1.807) is 47.8 Å². The molecule has 0 atom stereocenters. The molecule has 0 aromatic carbocycles. The third-order valence-corrected chi connectivity index (χ3v) is 6.05. The van der Waals surface area contributed by atoms with Gasteiger partial charge < -0.3 is 21.7 Å². The zero-order valence-electron chi connectivity index (χ0n) is 13.9. The van der Waals surface area contributed by atoms with Crippen molar-refractivity contribution in [2.45, 2.75) is 38.4 Å². The van der Waals surface area contributed by atoms with Crippen molar-refractivity contribution in [3.05, 3.63) is 46.0 Å². The first-order chi connectivity index (χ1) is 11.5. The van der Waals surface area contributed by atoms with Crippen molar-refractivity contribution in [2.75, 3.05) is 0 Å². The van der Waals surface area contributed by atoms with E-state index in [9.17, 15) is 10.2 Å². The molecule has 0 unspecified atom stereocenters. The molecule has 2 aromatic heterocycles. The first kappa shape index (κ1) is 18.9. The lowest BCUT2D eigenvalue weighted by Crippen LogP contribution is -2.48. The average Bonchev–Trinajstić information content (AvgIpc) is 2.58. The monoisotopic (exact) mass is 366 g/mol. The Morgan fingerprint density at radius 1 is 0.833 bits per heavy atom. The molecule has 2 heterocycles. The van der Waals surface area contributed by atoms with Crippen LogP contribution in [-0.4, -0.2) is 9.97 Å². The molecule has 24 heavy (non-hydrogen) atoms. The van der Waals surface area contributed by atoms with E-state index in [0.717, 1.165) is 22.3 Å². The van der Waals surface area contributed by atoms with E-state index in [1.807, 2.05) is 0 Å². The van der Waals surface area contributed by atoms with E-state index in [4.69, 9.17) is 0 Å². The summed E-state index contributed by atoms with van der Waals surface area (Å²) >= 11 is 0. The maximum atomic E-state index is 12.1. The van der Waals surface area contributed by atoms with Crippen LogP contribution in [0, 0.1) is 13.8 Å². The quantitative estimate of drug-likeness (QED) is 0.516. The number of aromatic nitrogens is 2. The van der Waals surface area contributed by atoms with E-state index in [2.05, 4.69) is 21.4 Å². The summed E-state index contributed by atoms with van der Waals surface area (Å²) in [6.45, 7) is 4.38. The Kier molecular flexibility index (Phi) is 6.73. The van der Waals surface area contributed by atoms with Crippen molar-refractivity contribution in [1.82, 2.24) is 9.97 Å². The van der Waals surface area contributed by atoms with Crippen LogP contribution in [-0.2, 0) is 24.6 Å². The highest BCUT2D eigenvalue weighted by Crippen LogP contribution is 2.33. The van der Waals surface area contributed by atoms with Gasteiger partial charge in [0.1, 0.15) is 0 Å². The molecule has 0 saturated heterocycles. The van der Waals surface area contributed by atoms with E-state index in [0.29, 0.717) is 36.0 Å². The number of hydrogen-bond acceptors (Lipinski definition) is 6. The minimum absolute atomic E-state index is 0.00817. The maximum absolute atomic E-state index is 12.1. The number of rotatable bonds is 7. The third-order valence-electron chi connectivity index (χ3n) is 3.82. The first-order valence-electron chi connectivity index (χ1n) is 7.61. The molecule has 8 heteroatoms. The van der Waals surface area contributed by atoms with Crippen LogP contribution >= 0.6 is 21.6 Å². The van der Waals surface area contributed by atoms with Gasteiger partial charge in [0, 0.05) is 46.4 Å². The van der Waals surface area contributed by atoms with Crippen LogP contribution in [0.25, 0.3) is 0 Å². The Hall–Kier alpha value is -1.48. The number of hydrogen-bond donors (Lipinski definition) is 2. The van der Waals surface area contributed by atoms with Gasteiger partial charge in [0.25, 0.3) is 0 Å². The Morgan fingerprint density at radius 3 is 1.54 bits per heavy atom. The molecule has 0 spiro atoms. The van der Waals surface area contributed by atoms with Crippen LogP contribution in [0.3, 0.4) is 0 Å². The van der Waals surface area contributed by atoms with Crippen LogP contribution in [0.4, 0.5) is 0 Å². The van der Waals surface area contributed by atoms with Crippen molar-refractivity contribution in [3.63, 3.8) is 0 Å². The van der Waals surface area contributed by atoms with Gasteiger partial charge in [0.15, 0.2) is 0 Å². The maximum Gasteiger partial charge on any atom is 0.0995 e. The smallest absolute Gasteiger partial charge is 0.0995 e. The van der Waals surface area contributed by atoms with E-state index in [-0.39, 0.29) is 11.5 Å². The van der Waals surface area contributed by atoms with Crippen molar-refractivity contribution in [3.8, 4) is 11.5 Å². The molecule has 2 rings (SSSR count). The van der Waals surface area contributed by atoms with Gasteiger partial charge in [-0.15, -0.1) is 0 Å². The lowest BCUT2D eigenvalue weighted by molar-refractivity contribution is -0.390. The fourth-order valence-corrected chi connectivity index (χ4v) is 4.54. The Balaban J connectivity index is 1.99. The van der Waals surface area contributed by atoms with Crippen molar-refractivity contribution >= 4 is 21.6 Å². The molecule has 130 valence electrons. The standard InChI is InChI=1S/C16H22N4O2S2/c1-9-15(21)13(3-17)11(5-19-9)7-23-24-8-12-6-20-10(2)16(22)14(12)4-18/h5-6,21-22H,3-4,7-8,17-18H2,1-2H3. The largest absolute Gasteiger partial charge is 0.871 e. The van der Waals surface area contributed by atoms with Gasteiger partial charge in [0.2, 0.25) is 0 Å². The highest BCUT2D eigenvalue weighted by Gasteiger charge is 2.09. The normalized spacial score (nSPS) is 11.0. The topological polar surface area (TPSA) is 127 Å². The molecule has 0 amide bonds. The highest BCUT2D eigenvalue weighted by molar-refractivity contribution is 8.76. The van der Waals surface area contributed by atoms with Crippen LogP contribution in [0.1, 0.15) is 33.6 Å². The number of pyridine rings is 2. The predicted molar refractivity (Wildman–Crippen MR) is 92.6 cm³/mol. The fraction of sp³-hybridized carbons (Fsp3) is 0.375. The Labute approximate surface area is 149 Å². The molecule has 0 aliphatic heterocycles. The van der Waals surface area contributed by atoms with Crippen molar-refractivity contribution in [1.29, 1.82) is 0 Å². The van der Waals surface area contributed by atoms with Crippen molar-refractivity contribution in [2.24, 2.45) is 0 Å². The summed E-state index contributed by atoms with van der Waals surface area (Å²) in [5, 5.41) is 24.1. The van der Waals surface area contributed by atoms with Gasteiger partial charge in [-0.1, -0.05) is 33.1 Å². The summed E-state index contributed by atoms with van der Waals surface area (Å²) in [5.41, 5.74) is 12.1. The SMILES string of the molecule is Cc1ncc(CSSCc2cnc(C)c([O-])c2C[NH3+])c(C[NH3+])c1[O-]. The molecule has 0 aliphatic carbocycles. The second-order valence-electron chi connectivity index (χ2n) is 5.38. The summed E-state index contributed by atoms with van der Waals surface area (Å²) in [6.07, 6.45) is 3.52. The van der Waals surface area contributed by atoms with Gasteiger partial charge in [-0.25, -0.2) is 0 Å². The van der Waals surface area contributed by atoms with Gasteiger partial charge >= 0.3 is 0 Å². The zero-order valence-corrected chi connectivity index (χ0v) is 15.6. The van der Waals surface area contributed by atoms with E-state index in [1.165, 1.54) is 0 Å². The minimum atomic E-state index is -0.00817. The summed E-state index contributed by atoms with van der Waals surface area (Å²) in [7, 11) is 3.27. The lowest BCUT2D eigenvalue weighted by Gasteiger charge is -2.18. The molecule has 0 radical (unpaired) electrons. The molecule has 0 fully saturated rings. The summed E-state index contributed by atoms with van der Waals surface area (Å²) in [5.74, 6) is 1.35. The van der Waals surface area contributed by atoms with E-state index >= 15 is 0 Å². The van der Waals surface area contributed by atoms with Crippen LogP contribution in [0.15, 0.2) is 12.4 Å². The predicted octanol–water partition coefficient (Wildman–Crippen LogP) is -0.194. The molecule has 6 N–H and O–H groups in total. The second kappa shape index (κ2) is 8.57. The number of quaternary nitrogens is 2. The molecule has 6 nitrogen and oxygen atoms in total. The molecule has 0 aliphatic rings. The van der Waals surface area contributed by atoms with Gasteiger partial charge in [-0.2, -0.15) is 0 Å². The van der Waals surface area contributed by atoms with Gasteiger partial charge in [0.05, 0.1) is 13.1 Å². The summed E-state index contributed by atoms with van der Waals surface area (Å²) in [4.78, 5) is 8.30. The van der Waals surface area contributed by atoms with Crippen molar-refractivity contribution < 1.29 is 21.7 Å². The molecular formula is C16H22N4O2S2. The Bertz CT molecular complexity index is 664. The fourth-order valence-electron chi connectivity index (χ4n) is 2.36. The number of aryl methyl sites for hydroxylation is 2. The van der Waals surface area contributed by atoms with Gasteiger partial charge in [-0.05, 0) is 25.0 Å². The molecule has 0 bridgehead atoms. The lowest BCUT2D eigenvalue weighted by atomic mass is 10.1. The molecular weight excluding hydrogens is 344 g/mol. The minimum Gasteiger partial charge on any atom is -0.871 e. The molecule has 0 saturated carbocycles. The number of nitrogens with zero attached hydrogens (tertiary/aromatic N) is 2. The zero-order chi connectivity index (χ0) is 17.7. The van der Waals surface area contributed by atoms with Crippen LogP contribution in [0.5, 0.6) is 11.5 Å². The molecule has 2 aromatic rings. The summed E-state index contributed by atoms with van der Waals surface area (Å²) in [6, 6.07) is 0. The average molecular weight is 367 g/mol. The summed E-state index contributed by atoms with van der Waals surface area (Å²) < 4.78 is 0. The van der Waals surface area contributed by atoms with Crippen LogP contribution in [0.2, 0.25) is 0 Å². The first-order valence-corrected chi connectivity index (χ1v) is 10.1.